The maximum Gasteiger partial charge on any atom is 0.123 e. The van der Waals surface area contributed by atoms with Crippen molar-refractivity contribution in [1.82, 2.24) is 0 Å². The summed E-state index contributed by atoms with van der Waals surface area (Å²) in [5.74, 6) is 0.672. The van der Waals surface area contributed by atoms with Crippen LogP contribution in [0.5, 0.6) is 0 Å². The van der Waals surface area contributed by atoms with Crippen LogP contribution in [-0.2, 0) is 12.8 Å². The van der Waals surface area contributed by atoms with Crippen molar-refractivity contribution in [3.05, 3.63) is 35.1 Å². The number of benzene rings is 1. The molecule has 1 aliphatic rings. The van der Waals surface area contributed by atoms with E-state index in [-0.39, 0.29) is 5.82 Å². The molecule has 0 spiro atoms. The molecule has 0 nitrogen and oxygen atoms in total. The van der Waals surface area contributed by atoms with Crippen molar-refractivity contribution in [2.45, 2.75) is 26.2 Å². The maximum absolute atomic E-state index is 12.8. The van der Waals surface area contributed by atoms with Gasteiger partial charge in [0.2, 0.25) is 0 Å². The second-order valence-corrected chi connectivity index (χ2v) is 3.76. The van der Waals surface area contributed by atoms with Crippen LogP contribution in [0, 0.1) is 11.7 Å². The van der Waals surface area contributed by atoms with E-state index in [4.69, 9.17) is 0 Å². The molecule has 1 unspecified atom stereocenters. The van der Waals surface area contributed by atoms with Gasteiger partial charge in [0.25, 0.3) is 0 Å². The fourth-order valence-electron chi connectivity index (χ4n) is 1.91. The molecule has 0 amide bonds. The Balaban J connectivity index is 2.37. The fraction of sp³-hybridized carbons (Fsp3) is 0.455. The lowest BCUT2D eigenvalue weighted by atomic mass is 9.85. The van der Waals surface area contributed by atoms with Crippen LogP contribution >= 0.6 is 0 Å². The Hall–Kier alpha value is -0.850. The zero-order valence-electron chi connectivity index (χ0n) is 7.31. The van der Waals surface area contributed by atoms with Crippen molar-refractivity contribution in [2.75, 3.05) is 0 Å². The monoisotopic (exact) mass is 164 g/mol. The van der Waals surface area contributed by atoms with Crippen molar-refractivity contribution in [1.29, 1.82) is 0 Å². The molecule has 1 aromatic rings. The molecule has 0 bridgehead atoms. The largest absolute Gasteiger partial charge is 0.207 e. The highest BCUT2D eigenvalue weighted by Gasteiger charge is 2.14. The van der Waals surface area contributed by atoms with E-state index in [2.05, 4.69) is 6.92 Å². The first kappa shape index (κ1) is 7.78. The number of aryl methyl sites for hydroxylation is 1. The van der Waals surface area contributed by atoms with Gasteiger partial charge in [0, 0.05) is 0 Å². The number of rotatable bonds is 0. The second-order valence-electron chi connectivity index (χ2n) is 3.76. The summed E-state index contributed by atoms with van der Waals surface area (Å²) in [6.45, 7) is 2.26. The van der Waals surface area contributed by atoms with Gasteiger partial charge >= 0.3 is 0 Å². The van der Waals surface area contributed by atoms with E-state index in [0.29, 0.717) is 0 Å². The summed E-state index contributed by atoms with van der Waals surface area (Å²) in [7, 11) is 0. The summed E-state index contributed by atoms with van der Waals surface area (Å²) < 4.78 is 12.8. The van der Waals surface area contributed by atoms with Crippen LogP contribution in [0.25, 0.3) is 0 Å². The molecular weight excluding hydrogens is 151 g/mol. The van der Waals surface area contributed by atoms with Gasteiger partial charge < -0.3 is 0 Å². The van der Waals surface area contributed by atoms with E-state index < -0.39 is 0 Å². The van der Waals surface area contributed by atoms with Gasteiger partial charge in [-0.3, -0.25) is 0 Å². The van der Waals surface area contributed by atoms with E-state index in [9.17, 15) is 4.39 Å². The highest BCUT2D eigenvalue weighted by molar-refractivity contribution is 5.30. The highest BCUT2D eigenvalue weighted by Crippen LogP contribution is 2.25. The van der Waals surface area contributed by atoms with Gasteiger partial charge in [0.15, 0.2) is 0 Å². The third-order valence-electron chi connectivity index (χ3n) is 2.64. The number of halogens is 1. The minimum absolute atomic E-state index is 0.0942. The Morgan fingerprint density at radius 2 is 2.17 bits per heavy atom. The Bertz CT molecular complexity index is 291. The minimum atomic E-state index is -0.0942. The van der Waals surface area contributed by atoms with Gasteiger partial charge in [0.05, 0.1) is 0 Å². The zero-order valence-corrected chi connectivity index (χ0v) is 7.31. The molecule has 0 aliphatic heterocycles. The highest BCUT2D eigenvalue weighted by atomic mass is 19.1. The van der Waals surface area contributed by atoms with Crippen LogP contribution in [0.1, 0.15) is 24.5 Å². The van der Waals surface area contributed by atoms with Gasteiger partial charge in [-0.2, -0.15) is 0 Å². The van der Waals surface area contributed by atoms with Crippen LogP contribution in [0.4, 0.5) is 4.39 Å². The molecule has 0 heterocycles. The molecule has 2 rings (SSSR count). The van der Waals surface area contributed by atoms with Crippen molar-refractivity contribution >= 4 is 0 Å². The molecule has 1 aliphatic carbocycles. The summed E-state index contributed by atoms with van der Waals surface area (Å²) in [5.41, 5.74) is 2.56. The molecule has 1 aromatic carbocycles. The lowest BCUT2D eigenvalue weighted by Gasteiger charge is -2.20. The number of fused-ring (bicyclic) bond motifs is 1. The molecule has 64 valence electrons. The maximum atomic E-state index is 12.8. The van der Waals surface area contributed by atoms with Crippen LogP contribution in [0.15, 0.2) is 18.2 Å². The Kier molecular flexibility index (Phi) is 1.87. The number of hydrogen-bond acceptors (Lipinski definition) is 0. The van der Waals surface area contributed by atoms with Crippen molar-refractivity contribution in [2.24, 2.45) is 5.92 Å². The van der Waals surface area contributed by atoms with E-state index in [1.165, 1.54) is 17.5 Å². The predicted octanol–water partition coefficient (Wildman–Crippen LogP) is 2.95. The molecular formula is C11H13F. The quantitative estimate of drug-likeness (QED) is 0.553. The van der Waals surface area contributed by atoms with E-state index in [1.54, 1.807) is 12.1 Å². The first-order valence-corrected chi connectivity index (χ1v) is 4.53. The van der Waals surface area contributed by atoms with E-state index in [0.717, 1.165) is 18.8 Å². The first-order valence-electron chi connectivity index (χ1n) is 4.53. The summed E-state index contributed by atoms with van der Waals surface area (Å²) >= 11 is 0. The molecule has 1 atom stereocenters. The van der Waals surface area contributed by atoms with E-state index >= 15 is 0 Å². The minimum Gasteiger partial charge on any atom is -0.207 e. The van der Waals surface area contributed by atoms with Crippen molar-refractivity contribution < 1.29 is 4.39 Å². The fourth-order valence-corrected chi connectivity index (χ4v) is 1.91. The zero-order chi connectivity index (χ0) is 8.55. The van der Waals surface area contributed by atoms with Crippen LogP contribution in [-0.4, -0.2) is 0 Å². The molecule has 0 saturated carbocycles. The molecule has 0 radical (unpaired) electrons. The normalized spacial score (nSPS) is 22.0. The van der Waals surface area contributed by atoms with Crippen LogP contribution in [0.2, 0.25) is 0 Å². The predicted molar refractivity (Wildman–Crippen MR) is 47.6 cm³/mol. The van der Waals surface area contributed by atoms with Gasteiger partial charge in [-0.05, 0) is 48.4 Å². The van der Waals surface area contributed by atoms with Gasteiger partial charge in [-0.1, -0.05) is 13.0 Å². The molecule has 0 N–H and O–H groups in total. The summed E-state index contributed by atoms with van der Waals surface area (Å²) in [5, 5.41) is 0. The van der Waals surface area contributed by atoms with Crippen molar-refractivity contribution in [3.8, 4) is 0 Å². The van der Waals surface area contributed by atoms with Gasteiger partial charge in [-0.25, -0.2) is 4.39 Å². The molecule has 0 fully saturated rings. The smallest absolute Gasteiger partial charge is 0.123 e. The Labute approximate surface area is 72.4 Å². The van der Waals surface area contributed by atoms with Crippen LogP contribution < -0.4 is 0 Å². The van der Waals surface area contributed by atoms with Crippen LogP contribution in [0.3, 0.4) is 0 Å². The third-order valence-corrected chi connectivity index (χ3v) is 2.64. The van der Waals surface area contributed by atoms with Crippen molar-refractivity contribution in [3.63, 3.8) is 0 Å². The Morgan fingerprint density at radius 3 is 3.00 bits per heavy atom. The molecule has 0 saturated heterocycles. The van der Waals surface area contributed by atoms with Gasteiger partial charge in [0.1, 0.15) is 5.82 Å². The average molecular weight is 164 g/mol. The average Bonchev–Trinajstić information content (AvgIpc) is 2.05. The molecule has 1 heteroatoms. The number of hydrogen-bond donors (Lipinski definition) is 0. The van der Waals surface area contributed by atoms with E-state index in [1.807, 2.05) is 6.07 Å². The second kappa shape index (κ2) is 2.89. The standard InChI is InChI=1S/C11H13F/c1-8-2-3-10-7-11(12)5-4-9(10)6-8/h4-5,7-8H,2-3,6H2,1H3. The molecule has 12 heavy (non-hydrogen) atoms. The van der Waals surface area contributed by atoms with Gasteiger partial charge in [-0.15, -0.1) is 0 Å². The molecule has 0 aromatic heterocycles. The SMILES string of the molecule is CC1CCc2cc(F)ccc2C1. The summed E-state index contributed by atoms with van der Waals surface area (Å²) in [6, 6.07) is 5.18. The summed E-state index contributed by atoms with van der Waals surface area (Å²) in [4.78, 5) is 0. The first-order chi connectivity index (χ1) is 5.75. The lowest BCUT2D eigenvalue weighted by molar-refractivity contribution is 0.497. The third kappa shape index (κ3) is 1.36. The lowest BCUT2D eigenvalue weighted by Crippen LogP contribution is -2.11. The summed E-state index contributed by atoms with van der Waals surface area (Å²) in [6.07, 6.45) is 3.38. The topological polar surface area (TPSA) is 0 Å². The Morgan fingerprint density at radius 1 is 1.33 bits per heavy atom.